The van der Waals surface area contributed by atoms with Gasteiger partial charge in [-0.1, -0.05) is 24.6 Å². The molecule has 19 heavy (non-hydrogen) atoms. The minimum Gasteiger partial charge on any atom is -0.306 e. The summed E-state index contributed by atoms with van der Waals surface area (Å²) in [5.41, 5.74) is 2.89. The van der Waals surface area contributed by atoms with E-state index >= 15 is 0 Å². The van der Waals surface area contributed by atoms with Gasteiger partial charge < -0.3 is 5.32 Å². The van der Waals surface area contributed by atoms with E-state index in [1.807, 2.05) is 18.4 Å². The minimum atomic E-state index is -0.155. The molecule has 0 saturated carbocycles. The van der Waals surface area contributed by atoms with Crippen molar-refractivity contribution in [3.8, 4) is 0 Å². The lowest BCUT2D eigenvalue weighted by molar-refractivity contribution is 0.546. The fourth-order valence-electron chi connectivity index (χ4n) is 2.06. The highest BCUT2D eigenvalue weighted by Crippen LogP contribution is 2.33. The number of aryl methyl sites for hydroxylation is 1. The van der Waals surface area contributed by atoms with Crippen molar-refractivity contribution in [1.82, 2.24) is 5.32 Å². The summed E-state index contributed by atoms with van der Waals surface area (Å²) in [6, 6.07) is 5.18. The Morgan fingerprint density at radius 3 is 2.74 bits per heavy atom. The van der Waals surface area contributed by atoms with Gasteiger partial charge in [0.1, 0.15) is 5.82 Å². The molecule has 0 fully saturated rings. The van der Waals surface area contributed by atoms with Crippen LogP contribution in [0.3, 0.4) is 0 Å². The van der Waals surface area contributed by atoms with Gasteiger partial charge in [-0.3, -0.25) is 0 Å². The standard InChI is InChI=1S/C15H17BrFNS/c1-3-6-18-15(12-8-19-9-13(12)16)11-7-10(2)4-5-14(11)17/h4-5,7-9,15,18H,3,6H2,1-2H3. The predicted molar refractivity (Wildman–Crippen MR) is 83.3 cm³/mol. The van der Waals surface area contributed by atoms with E-state index in [9.17, 15) is 4.39 Å². The molecule has 1 atom stereocenters. The molecule has 1 unspecified atom stereocenters. The monoisotopic (exact) mass is 341 g/mol. The van der Waals surface area contributed by atoms with E-state index in [1.165, 1.54) is 0 Å². The molecule has 0 spiro atoms. The van der Waals surface area contributed by atoms with E-state index in [0.29, 0.717) is 5.56 Å². The second-order valence-corrected chi connectivity index (χ2v) is 6.19. The first-order valence-electron chi connectivity index (χ1n) is 6.34. The number of rotatable bonds is 5. The Morgan fingerprint density at radius 1 is 1.32 bits per heavy atom. The Kier molecular flexibility index (Phi) is 5.13. The lowest BCUT2D eigenvalue weighted by Gasteiger charge is -2.20. The average molecular weight is 342 g/mol. The summed E-state index contributed by atoms with van der Waals surface area (Å²) in [7, 11) is 0. The van der Waals surface area contributed by atoms with Crippen LogP contribution in [0.25, 0.3) is 0 Å². The average Bonchev–Trinajstić information content (AvgIpc) is 2.80. The molecule has 0 bridgehead atoms. The highest BCUT2D eigenvalue weighted by atomic mass is 79.9. The van der Waals surface area contributed by atoms with Crippen LogP contribution in [-0.2, 0) is 0 Å². The van der Waals surface area contributed by atoms with Gasteiger partial charge >= 0.3 is 0 Å². The van der Waals surface area contributed by atoms with Crippen LogP contribution in [-0.4, -0.2) is 6.54 Å². The van der Waals surface area contributed by atoms with Crippen molar-refractivity contribution in [1.29, 1.82) is 0 Å². The van der Waals surface area contributed by atoms with E-state index in [4.69, 9.17) is 0 Å². The van der Waals surface area contributed by atoms with Gasteiger partial charge in [-0.15, -0.1) is 0 Å². The molecule has 2 aromatic rings. The maximum absolute atomic E-state index is 14.1. The first kappa shape index (κ1) is 14.7. The van der Waals surface area contributed by atoms with Gasteiger partial charge in [0.15, 0.2) is 0 Å². The van der Waals surface area contributed by atoms with Crippen molar-refractivity contribution in [3.05, 3.63) is 55.9 Å². The molecule has 0 aliphatic rings. The number of halogens is 2. The Morgan fingerprint density at radius 2 is 2.11 bits per heavy atom. The van der Waals surface area contributed by atoms with Crippen LogP contribution in [0.5, 0.6) is 0 Å². The molecule has 1 nitrogen and oxygen atoms in total. The summed E-state index contributed by atoms with van der Waals surface area (Å²) in [6.07, 6.45) is 1.02. The van der Waals surface area contributed by atoms with E-state index < -0.39 is 0 Å². The zero-order valence-corrected chi connectivity index (χ0v) is 13.4. The molecule has 1 heterocycles. The molecular formula is C15H17BrFNS. The van der Waals surface area contributed by atoms with E-state index in [1.54, 1.807) is 23.5 Å². The third-order valence-electron chi connectivity index (χ3n) is 3.01. The molecular weight excluding hydrogens is 325 g/mol. The SMILES string of the molecule is CCCNC(c1cc(C)ccc1F)c1cscc1Br. The van der Waals surface area contributed by atoms with E-state index in [-0.39, 0.29) is 11.9 Å². The van der Waals surface area contributed by atoms with Crippen molar-refractivity contribution < 1.29 is 4.39 Å². The van der Waals surface area contributed by atoms with Gasteiger partial charge in [-0.25, -0.2) is 4.39 Å². The Labute approximate surface area is 126 Å². The van der Waals surface area contributed by atoms with Crippen LogP contribution in [0.4, 0.5) is 4.39 Å². The molecule has 102 valence electrons. The molecule has 1 N–H and O–H groups in total. The number of benzene rings is 1. The molecule has 1 aromatic carbocycles. The predicted octanol–water partition coefficient (Wildman–Crippen LogP) is 5.05. The maximum Gasteiger partial charge on any atom is 0.128 e. The third kappa shape index (κ3) is 3.44. The van der Waals surface area contributed by atoms with Crippen molar-refractivity contribution in [2.75, 3.05) is 6.54 Å². The van der Waals surface area contributed by atoms with Crippen LogP contribution >= 0.6 is 27.3 Å². The van der Waals surface area contributed by atoms with Crippen molar-refractivity contribution in [2.45, 2.75) is 26.3 Å². The molecule has 2 rings (SSSR count). The Hall–Kier alpha value is -0.710. The van der Waals surface area contributed by atoms with Crippen LogP contribution < -0.4 is 5.32 Å². The second-order valence-electron chi connectivity index (χ2n) is 4.59. The summed E-state index contributed by atoms with van der Waals surface area (Å²) in [6.45, 7) is 4.96. The quantitative estimate of drug-likeness (QED) is 0.802. The number of hydrogen-bond acceptors (Lipinski definition) is 2. The molecule has 0 radical (unpaired) electrons. The lowest BCUT2D eigenvalue weighted by atomic mass is 9.98. The van der Waals surface area contributed by atoms with Gasteiger partial charge in [0.05, 0.1) is 6.04 Å². The van der Waals surface area contributed by atoms with Crippen LogP contribution in [0.2, 0.25) is 0 Å². The fourth-order valence-corrected chi connectivity index (χ4v) is 3.61. The summed E-state index contributed by atoms with van der Waals surface area (Å²) in [4.78, 5) is 0. The molecule has 0 saturated heterocycles. The number of nitrogens with one attached hydrogen (secondary N) is 1. The van der Waals surface area contributed by atoms with E-state index in [2.05, 4.69) is 33.6 Å². The minimum absolute atomic E-state index is 0.0968. The topological polar surface area (TPSA) is 12.0 Å². The van der Waals surface area contributed by atoms with Crippen molar-refractivity contribution >= 4 is 27.3 Å². The normalized spacial score (nSPS) is 12.6. The first-order valence-corrected chi connectivity index (χ1v) is 8.08. The smallest absolute Gasteiger partial charge is 0.128 e. The summed E-state index contributed by atoms with van der Waals surface area (Å²) in [5, 5.41) is 7.53. The van der Waals surface area contributed by atoms with Crippen LogP contribution in [0.1, 0.15) is 36.1 Å². The maximum atomic E-state index is 14.1. The number of hydrogen-bond donors (Lipinski definition) is 1. The molecule has 0 aliphatic heterocycles. The zero-order valence-electron chi connectivity index (χ0n) is 11.0. The second kappa shape index (κ2) is 6.64. The highest BCUT2D eigenvalue weighted by Gasteiger charge is 2.20. The largest absolute Gasteiger partial charge is 0.306 e. The molecule has 1 aromatic heterocycles. The third-order valence-corrected chi connectivity index (χ3v) is 4.77. The molecule has 0 amide bonds. The van der Waals surface area contributed by atoms with Gasteiger partial charge in [-0.2, -0.15) is 11.3 Å². The van der Waals surface area contributed by atoms with Crippen LogP contribution in [0, 0.1) is 12.7 Å². The summed E-state index contributed by atoms with van der Waals surface area (Å²) in [5.74, 6) is -0.155. The summed E-state index contributed by atoms with van der Waals surface area (Å²) >= 11 is 5.17. The Balaban J connectivity index is 2.42. The van der Waals surface area contributed by atoms with Gasteiger partial charge in [0.25, 0.3) is 0 Å². The lowest BCUT2D eigenvalue weighted by Crippen LogP contribution is -2.24. The Bertz CT molecular complexity index is 553. The van der Waals surface area contributed by atoms with Crippen LogP contribution in [0.15, 0.2) is 33.4 Å². The molecule has 4 heteroatoms. The van der Waals surface area contributed by atoms with Gasteiger partial charge in [0.2, 0.25) is 0 Å². The fraction of sp³-hybridized carbons (Fsp3) is 0.333. The molecule has 0 aliphatic carbocycles. The number of thiophene rings is 1. The van der Waals surface area contributed by atoms with Crippen molar-refractivity contribution in [2.24, 2.45) is 0 Å². The zero-order chi connectivity index (χ0) is 13.8. The van der Waals surface area contributed by atoms with Gasteiger partial charge in [0, 0.05) is 15.4 Å². The summed E-state index contributed by atoms with van der Waals surface area (Å²) < 4.78 is 15.2. The van der Waals surface area contributed by atoms with Crippen molar-refractivity contribution in [3.63, 3.8) is 0 Å². The van der Waals surface area contributed by atoms with Gasteiger partial charge in [-0.05, 0) is 52.8 Å². The van der Waals surface area contributed by atoms with E-state index in [0.717, 1.165) is 28.6 Å². The highest BCUT2D eigenvalue weighted by molar-refractivity contribution is 9.10. The first-order chi connectivity index (χ1) is 9.13.